The van der Waals surface area contributed by atoms with Crippen molar-refractivity contribution in [3.8, 4) is 5.75 Å². The Morgan fingerprint density at radius 1 is 1.00 bits per heavy atom. The van der Waals surface area contributed by atoms with Crippen molar-refractivity contribution in [3.63, 3.8) is 0 Å². The van der Waals surface area contributed by atoms with Gasteiger partial charge in [-0.25, -0.2) is 0 Å². The Kier molecular flexibility index (Phi) is 6.15. The molecular weight excluding hydrogens is 330 g/mol. The highest BCUT2D eigenvalue weighted by Crippen LogP contribution is 2.15. The van der Waals surface area contributed by atoms with Crippen LogP contribution < -0.4 is 4.74 Å². The molecule has 2 aromatic heterocycles. The summed E-state index contributed by atoms with van der Waals surface area (Å²) in [5, 5.41) is 10.4. The summed E-state index contributed by atoms with van der Waals surface area (Å²) in [6, 6.07) is 15.5. The fourth-order valence-electron chi connectivity index (χ4n) is 2.78. The first-order valence-corrected chi connectivity index (χ1v) is 8.76. The average Bonchev–Trinajstić information content (AvgIpc) is 3.26. The second-order valence-electron chi connectivity index (χ2n) is 6.54. The molecule has 0 spiro atoms. The molecule has 138 valence electrons. The summed E-state index contributed by atoms with van der Waals surface area (Å²) in [7, 11) is 0. The Morgan fingerprint density at radius 2 is 1.77 bits per heavy atom. The molecule has 3 rings (SSSR count). The fourth-order valence-corrected chi connectivity index (χ4v) is 2.78. The maximum atomic E-state index is 10.4. The summed E-state index contributed by atoms with van der Waals surface area (Å²) < 4.78 is 16.8. The third-order valence-electron chi connectivity index (χ3n) is 4.07. The number of furan rings is 2. The molecule has 1 N–H and O–H groups in total. The third-order valence-corrected chi connectivity index (χ3v) is 4.07. The van der Waals surface area contributed by atoms with Crippen molar-refractivity contribution < 1.29 is 18.7 Å². The summed E-state index contributed by atoms with van der Waals surface area (Å²) in [4.78, 5) is 2.08. The van der Waals surface area contributed by atoms with Gasteiger partial charge in [-0.1, -0.05) is 17.7 Å². The van der Waals surface area contributed by atoms with Gasteiger partial charge in [-0.05, 0) is 50.2 Å². The third kappa shape index (κ3) is 5.51. The van der Waals surface area contributed by atoms with Crippen molar-refractivity contribution >= 4 is 0 Å². The highest BCUT2D eigenvalue weighted by atomic mass is 16.5. The number of benzene rings is 1. The van der Waals surface area contributed by atoms with E-state index in [1.165, 1.54) is 5.56 Å². The van der Waals surface area contributed by atoms with Crippen molar-refractivity contribution in [1.29, 1.82) is 0 Å². The van der Waals surface area contributed by atoms with Crippen LogP contribution in [0.5, 0.6) is 5.75 Å². The zero-order valence-electron chi connectivity index (χ0n) is 15.2. The Bertz CT molecular complexity index is 777. The van der Waals surface area contributed by atoms with Crippen LogP contribution in [0, 0.1) is 13.8 Å². The van der Waals surface area contributed by atoms with Crippen LogP contribution in [0.4, 0.5) is 0 Å². The maximum Gasteiger partial charge on any atom is 0.119 e. The first kappa shape index (κ1) is 18.3. The molecule has 0 fully saturated rings. The molecule has 5 nitrogen and oxygen atoms in total. The summed E-state index contributed by atoms with van der Waals surface area (Å²) in [5.74, 6) is 3.34. The van der Waals surface area contributed by atoms with Crippen LogP contribution in [-0.2, 0) is 13.1 Å². The molecule has 0 saturated heterocycles. The second kappa shape index (κ2) is 8.74. The molecule has 0 radical (unpaired) electrons. The molecular formula is C21H25NO4. The van der Waals surface area contributed by atoms with E-state index < -0.39 is 6.10 Å². The van der Waals surface area contributed by atoms with E-state index in [-0.39, 0.29) is 6.61 Å². The van der Waals surface area contributed by atoms with Gasteiger partial charge in [-0.3, -0.25) is 4.90 Å². The van der Waals surface area contributed by atoms with E-state index >= 15 is 0 Å². The molecule has 26 heavy (non-hydrogen) atoms. The first-order chi connectivity index (χ1) is 12.6. The molecule has 0 aliphatic heterocycles. The van der Waals surface area contributed by atoms with Crippen molar-refractivity contribution in [3.05, 3.63) is 77.6 Å². The normalized spacial score (nSPS) is 12.5. The van der Waals surface area contributed by atoms with E-state index in [9.17, 15) is 5.11 Å². The molecule has 5 heteroatoms. The van der Waals surface area contributed by atoms with Crippen LogP contribution in [-0.4, -0.2) is 29.3 Å². The molecule has 0 saturated carbocycles. The number of aryl methyl sites for hydroxylation is 2. The summed E-state index contributed by atoms with van der Waals surface area (Å²) in [5.41, 5.74) is 1.18. The van der Waals surface area contributed by atoms with E-state index in [1.807, 2.05) is 62.4 Å². The van der Waals surface area contributed by atoms with Gasteiger partial charge < -0.3 is 18.7 Å². The molecule has 1 unspecified atom stereocenters. The van der Waals surface area contributed by atoms with Crippen LogP contribution in [0.25, 0.3) is 0 Å². The van der Waals surface area contributed by atoms with Gasteiger partial charge in [0.05, 0.1) is 19.4 Å². The molecule has 1 atom stereocenters. The number of rotatable bonds is 9. The second-order valence-corrected chi connectivity index (χ2v) is 6.54. The molecule has 0 bridgehead atoms. The van der Waals surface area contributed by atoms with Gasteiger partial charge in [-0.15, -0.1) is 0 Å². The minimum atomic E-state index is -0.623. The van der Waals surface area contributed by atoms with Gasteiger partial charge in [0.2, 0.25) is 0 Å². The number of ether oxygens (including phenoxy) is 1. The van der Waals surface area contributed by atoms with Crippen LogP contribution in [0.15, 0.2) is 63.6 Å². The minimum Gasteiger partial charge on any atom is -0.491 e. The van der Waals surface area contributed by atoms with E-state index in [1.54, 1.807) is 6.26 Å². The highest BCUT2D eigenvalue weighted by Gasteiger charge is 2.16. The van der Waals surface area contributed by atoms with Gasteiger partial charge in [0.1, 0.15) is 35.7 Å². The minimum absolute atomic E-state index is 0.231. The lowest BCUT2D eigenvalue weighted by Crippen LogP contribution is -2.34. The Balaban J connectivity index is 1.57. The number of nitrogens with zero attached hydrogens (tertiary/aromatic N) is 1. The Hall–Kier alpha value is -2.50. The van der Waals surface area contributed by atoms with E-state index in [2.05, 4.69) is 4.90 Å². The zero-order chi connectivity index (χ0) is 18.4. The van der Waals surface area contributed by atoms with E-state index in [4.69, 9.17) is 13.6 Å². The Morgan fingerprint density at radius 3 is 2.42 bits per heavy atom. The summed E-state index contributed by atoms with van der Waals surface area (Å²) >= 11 is 0. The lowest BCUT2D eigenvalue weighted by Gasteiger charge is -2.23. The van der Waals surface area contributed by atoms with E-state index in [0.717, 1.165) is 23.0 Å². The van der Waals surface area contributed by atoms with Crippen LogP contribution >= 0.6 is 0 Å². The van der Waals surface area contributed by atoms with Gasteiger partial charge in [0.15, 0.2) is 0 Å². The lowest BCUT2D eigenvalue weighted by atomic mass is 10.2. The van der Waals surface area contributed by atoms with Crippen LogP contribution in [0.1, 0.15) is 22.8 Å². The predicted molar refractivity (Wildman–Crippen MR) is 98.9 cm³/mol. The molecule has 0 aliphatic carbocycles. The maximum absolute atomic E-state index is 10.4. The van der Waals surface area contributed by atoms with Gasteiger partial charge >= 0.3 is 0 Å². The largest absolute Gasteiger partial charge is 0.491 e. The number of aliphatic hydroxyl groups is 1. The molecule has 0 amide bonds. The van der Waals surface area contributed by atoms with Crippen molar-refractivity contribution in [2.45, 2.75) is 33.0 Å². The first-order valence-electron chi connectivity index (χ1n) is 8.76. The topological polar surface area (TPSA) is 59.0 Å². The number of hydrogen-bond donors (Lipinski definition) is 1. The zero-order valence-corrected chi connectivity index (χ0v) is 15.2. The van der Waals surface area contributed by atoms with Crippen LogP contribution in [0.3, 0.4) is 0 Å². The van der Waals surface area contributed by atoms with Crippen LogP contribution in [0.2, 0.25) is 0 Å². The molecule has 1 aromatic carbocycles. The van der Waals surface area contributed by atoms with Gasteiger partial charge in [-0.2, -0.15) is 0 Å². The van der Waals surface area contributed by atoms with Crippen molar-refractivity contribution in [1.82, 2.24) is 4.90 Å². The molecule has 3 aromatic rings. The predicted octanol–water partition coefficient (Wildman–Crippen LogP) is 3.93. The number of hydrogen-bond acceptors (Lipinski definition) is 5. The Labute approximate surface area is 153 Å². The average molecular weight is 355 g/mol. The van der Waals surface area contributed by atoms with Gasteiger partial charge in [0, 0.05) is 6.54 Å². The monoisotopic (exact) mass is 355 g/mol. The number of aliphatic hydroxyl groups excluding tert-OH is 1. The smallest absolute Gasteiger partial charge is 0.119 e. The SMILES string of the molecule is Cc1ccc(OCC(O)CN(Cc2ccco2)Cc2ccc(C)o2)cc1. The summed E-state index contributed by atoms with van der Waals surface area (Å²) in [6.45, 7) is 5.82. The molecule has 0 aliphatic rings. The lowest BCUT2D eigenvalue weighted by molar-refractivity contribution is 0.0579. The van der Waals surface area contributed by atoms with E-state index in [0.29, 0.717) is 19.6 Å². The van der Waals surface area contributed by atoms with Gasteiger partial charge in [0.25, 0.3) is 0 Å². The molecule has 2 heterocycles. The highest BCUT2D eigenvalue weighted by molar-refractivity contribution is 5.26. The van der Waals surface area contributed by atoms with Crippen molar-refractivity contribution in [2.75, 3.05) is 13.2 Å². The fraction of sp³-hybridized carbons (Fsp3) is 0.333. The summed E-state index contributed by atoms with van der Waals surface area (Å²) in [6.07, 6.45) is 1.03. The quantitative estimate of drug-likeness (QED) is 0.630. The van der Waals surface area contributed by atoms with Crippen molar-refractivity contribution in [2.24, 2.45) is 0 Å². The standard InChI is InChI=1S/C21H25NO4/c1-16-5-8-19(9-6-16)25-15-18(23)12-22(13-20-4-3-11-24-20)14-21-10-7-17(2)26-21/h3-11,18,23H,12-15H2,1-2H3.